The lowest BCUT2D eigenvalue weighted by atomic mass is 10.3. The van der Waals surface area contributed by atoms with Gasteiger partial charge in [-0.05, 0) is 6.42 Å². The summed E-state index contributed by atoms with van der Waals surface area (Å²) < 4.78 is 4.79. The van der Waals surface area contributed by atoms with Gasteiger partial charge in [0, 0.05) is 6.92 Å². The van der Waals surface area contributed by atoms with E-state index in [9.17, 15) is 4.79 Å². The van der Waals surface area contributed by atoms with E-state index in [4.69, 9.17) is 4.74 Å². The van der Waals surface area contributed by atoms with Gasteiger partial charge in [-0.3, -0.25) is 4.79 Å². The van der Waals surface area contributed by atoms with E-state index in [-0.39, 0.29) is 12.1 Å². The molecule has 0 aromatic rings. The third-order valence-corrected chi connectivity index (χ3v) is 0.983. The molecule has 0 rings (SSSR count). The maximum atomic E-state index is 10.3. The third-order valence-electron chi connectivity index (χ3n) is 0.983. The largest absolute Gasteiger partial charge is 0.458 e. The lowest BCUT2D eigenvalue weighted by Gasteiger charge is -2.08. The van der Waals surface area contributed by atoms with E-state index in [1.807, 2.05) is 6.92 Å². The molecule has 0 heterocycles. The normalized spacial score (nSPS) is 12.2. The van der Waals surface area contributed by atoms with E-state index < -0.39 is 0 Å². The molecular formula is C7H12O2. The van der Waals surface area contributed by atoms with Crippen molar-refractivity contribution in [2.24, 2.45) is 0 Å². The molecule has 0 aliphatic rings. The Morgan fingerprint density at radius 2 is 2.44 bits per heavy atom. The Labute approximate surface area is 55.5 Å². The van der Waals surface area contributed by atoms with Crippen LogP contribution in [0, 0.1) is 0 Å². The summed E-state index contributed by atoms with van der Waals surface area (Å²) in [6.45, 7) is 6.84. The zero-order chi connectivity index (χ0) is 7.28. The van der Waals surface area contributed by atoms with Crippen molar-refractivity contribution in [2.45, 2.75) is 26.4 Å². The number of ether oxygens (including phenoxy) is 1. The first-order chi connectivity index (χ1) is 4.20. The Bertz CT molecular complexity index is 107. The molecular weight excluding hydrogens is 116 g/mol. The van der Waals surface area contributed by atoms with Crippen LogP contribution in [0.25, 0.3) is 0 Å². The zero-order valence-corrected chi connectivity index (χ0v) is 5.89. The van der Waals surface area contributed by atoms with E-state index >= 15 is 0 Å². The molecule has 0 amide bonds. The molecule has 0 spiro atoms. The Hall–Kier alpha value is -0.790. The number of rotatable bonds is 3. The second-order valence-electron chi connectivity index (χ2n) is 1.79. The molecule has 52 valence electrons. The molecule has 0 aliphatic carbocycles. The fourth-order valence-corrected chi connectivity index (χ4v) is 0.511. The molecule has 0 unspecified atom stereocenters. The predicted molar refractivity (Wildman–Crippen MR) is 36.0 cm³/mol. The van der Waals surface area contributed by atoms with Crippen LogP contribution in [0.5, 0.6) is 0 Å². The van der Waals surface area contributed by atoms with Gasteiger partial charge < -0.3 is 4.74 Å². The quantitative estimate of drug-likeness (QED) is 0.425. The molecule has 0 saturated heterocycles. The van der Waals surface area contributed by atoms with Crippen molar-refractivity contribution in [2.75, 3.05) is 0 Å². The zero-order valence-electron chi connectivity index (χ0n) is 5.89. The van der Waals surface area contributed by atoms with Gasteiger partial charge in [0.15, 0.2) is 0 Å². The minimum absolute atomic E-state index is 0.109. The monoisotopic (exact) mass is 128 g/mol. The lowest BCUT2D eigenvalue weighted by molar-refractivity contribution is -0.144. The standard InChI is InChI=1S/C7H12O2/c1-4-7(5-2)9-6(3)8/h4,7H,1,5H2,2-3H3/t7-/m1/s1. The van der Waals surface area contributed by atoms with E-state index in [0.717, 1.165) is 6.42 Å². The van der Waals surface area contributed by atoms with E-state index in [2.05, 4.69) is 6.58 Å². The van der Waals surface area contributed by atoms with Crippen LogP contribution in [-0.2, 0) is 9.53 Å². The topological polar surface area (TPSA) is 26.3 Å². The van der Waals surface area contributed by atoms with Gasteiger partial charge in [-0.25, -0.2) is 0 Å². The molecule has 0 aromatic heterocycles. The van der Waals surface area contributed by atoms with Gasteiger partial charge >= 0.3 is 5.97 Å². The van der Waals surface area contributed by atoms with Crippen molar-refractivity contribution in [3.63, 3.8) is 0 Å². The Kier molecular flexibility index (Phi) is 3.76. The van der Waals surface area contributed by atoms with Crippen LogP contribution in [0.1, 0.15) is 20.3 Å². The van der Waals surface area contributed by atoms with Gasteiger partial charge in [-0.15, -0.1) is 0 Å². The highest BCUT2D eigenvalue weighted by Crippen LogP contribution is 1.97. The molecule has 0 N–H and O–H groups in total. The van der Waals surface area contributed by atoms with E-state index in [1.165, 1.54) is 6.92 Å². The SMILES string of the molecule is C=C[C@H](CC)OC(C)=O. The van der Waals surface area contributed by atoms with Gasteiger partial charge in [-0.1, -0.05) is 19.6 Å². The highest BCUT2D eigenvalue weighted by atomic mass is 16.5. The van der Waals surface area contributed by atoms with Gasteiger partial charge in [0.05, 0.1) is 0 Å². The van der Waals surface area contributed by atoms with Crippen LogP contribution in [0.2, 0.25) is 0 Å². The molecule has 2 nitrogen and oxygen atoms in total. The summed E-state index contributed by atoms with van der Waals surface area (Å²) in [5.41, 5.74) is 0. The van der Waals surface area contributed by atoms with Crippen LogP contribution in [0.4, 0.5) is 0 Å². The summed E-state index contributed by atoms with van der Waals surface area (Å²) in [4.78, 5) is 10.3. The minimum atomic E-state index is -0.248. The number of carbonyl (C=O) groups is 1. The Morgan fingerprint density at radius 1 is 1.89 bits per heavy atom. The molecule has 0 fully saturated rings. The van der Waals surface area contributed by atoms with Crippen LogP contribution < -0.4 is 0 Å². The summed E-state index contributed by atoms with van der Waals surface area (Å²) in [6, 6.07) is 0. The summed E-state index contributed by atoms with van der Waals surface area (Å²) in [5.74, 6) is -0.248. The van der Waals surface area contributed by atoms with E-state index in [1.54, 1.807) is 6.08 Å². The predicted octanol–water partition coefficient (Wildman–Crippen LogP) is 1.51. The average molecular weight is 128 g/mol. The second-order valence-corrected chi connectivity index (χ2v) is 1.79. The van der Waals surface area contributed by atoms with Crippen molar-refractivity contribution in [1.29, 1.82) is 0 Å². The van der Waals surface area contributed by atoms with Gasteiger partial charge in [0.2, 0.25) is 0 Å². The minimum Gasteiger partial charge on any atom is -0.458 e. The Morgan fingerprint density at radius 3 is 2.56 bits per heavy atom. The van der Waals surface area contributed by atoms with Crippen molar-refractivity contribution in [1.82, 2.24) is 0 Å². The van der Waals surface area contributed by atoms with Gasteiger partial charge in [0.25, 0.3) is 0 Å². The molecule has 0 bridgehead atoms. The van der Waals surface area contributed by atoms with Crippen molar-refractivity contribution < 1.29 is 9.53 Å². The average Bonchev–Trinajstić information content (AvgIpc) is 1.82. The van der Waals surface area contributed by atoms with Crippen molar-refractivity contribution >= 4 is 5.97 Å². The first-order valence-corrected chi connectivity index (χ1v) is 3.00. The molecule has 0 aromatic carbocycles. The molecule has 9 heavy (non-hydrogen) atoms. The Balaban J connectivity index is 3.55. The fraction of sp³-hybridized carbons (Fsp3) is 0.571. The van der Waals surface area contributed by atoms with Crippen LogP contribution in [-0.4, -0.2) is 12.1 Å². The lowest BCUT2D eigenvalue weighted by Crippen LogP contribution is -2.11. The summed E-state index contributed by atoms with van der Waals surface area (Å²) in [7, 11) is 0. The van der Waals surface area contributed by atoms with Gasteiger partial charge in [0.1, 0.15) is 6.10 Å². The molecule has 1 atom stereocenters. The molecule has 0 saturated carbocycles. The van der Waals surface area contributed by atoms with Crippen LogP contribution >= 0.6 is 0 Å². The van der Waals surface area contributed by atoms with Crippen molar-refractivity contribution in [3.8, 4) is 0 Å². The first-order valence-electron chi connectivity index (χ1n) is 3.00. The number of carbonyl (C=O) groups excluding carboxylic acids is 1. The van der Waals surface area contributed by atoms with E-state index in [0.29, 0.717) is 0 Å². The highest BCUT2D eigenvalue weighted by molar-refractivity contribution is 5.66. The summed E-state index contributed by atoms with van der Waals surface area (Å²) in [6.07, 6.45) is 2.31. The highest BCUT2D eigenvalue weighted by Gasteiger charge is 2.01. The molecule has 0 aliphatic heterocycles. The number of hydrogen-bond donors (Lipinski definition) is 0. The number of hydrogen-bond acceptors (Lipinski definition) is 2. The summed E-state index contributed by atoms with van der Waals surface area (Å²) >= 11 is 0. The van der Waals surface area contributed by atoms with Crippen molar-refractivity contribution in [3.05, 3.63) is 12.7 Å². The third kappa shape index (κ3) is 3.76. The van der Waals surface area contributed by atoms with Crippen LogP contribution in [0.15, 0.2) is 12.7 Å². The maximum absolute atomic E-state index is 10.3. The summed E-state index contributed by atoms with van der Waals surface area (Å²) in [5, 5.41) is 0. The van der Waals surface area contributed by atoms with Gasteiger partial charge in [-0.2, -0.15) is 0 Å². The maximum Gasteiger partial charge on any atom is 0.303 e. The molecule has 2 heteroatoms. The molecule has 0 radical (unpaired) electrons. The smallest absolute Gasteiger partial charge is 0.303 e. The fourth-order valence-electron chi connectivity index (χ4n) is 0.511. The second kappa shape index (κ2) is 4.13. The first kappa shape index (κ1) is 8.21. The number of esters is 1. The van der Waals surface area contributed by atoms with Crippen LogP contribution in [0.3, 0.4) is 0 Å².